The normalized spacial score (nSPS) is 10.7. The summed E-state index contributed by atoms with van der Waals surface area (Å²) in [6.07, 6.45) is 0. The molecule has 9 heteroatoms. The van der Waals surface area contributed by atoms with Gasteiger partial charge in [-0.15, -0.1) is 21.5 Å². The number of methoxy groups -OCH3 is 1. The molecule has 0 fully saturated rings. The van der Waals surface area contributed by atoms with Gasteiger partial charge in [0.1, 0.15) is 5.82 Å². The minimum atomic E-state index is -0.263. The Kier molecular flexibility index (Phi) is 6.86. The van der Waals surface area contributed by atoms with Gasteiger partial charge in [-0.1, -0.05) is 18.2 Å². The number of thiocarbonyl (C=S) groups is 1. The lowest BCUT2D eigenvalue weighted by Gasteiger charge is -2.24. The largest absolute Gasteiger partial charge is 0.418 e. The molecule has 0 aliphatic carbocycles. The molecule has 1 N–H and O–H groups in total. The number of ether oxygens (including phenoxy) is 1. The van der Waals surface area contributed by atoms with Crippen molar-refractivity contribution in [3.8, 4) is 10.8 Å². The average Bonchev–Trinajstić information content (AvgIpc) is 3.36. The molecule has 2 aromatic heterocycles. The van der Waals surface area contributed by atoms with Gasteiger partial charge in [-0.3, -0.25) is 0 Å². The molecule has 2 heterocycles. The number of thiophene rings is 1. The van der Waals surface area contributed by atoms with Crippen molar-refractivity contribution in [2.24, 2.45) is 0 Å². The van der Waals surface area contributed by atoms with Crippen molar-refractivity contribution in [2.75, 3.05) is 20.3 Å². The number of nitrogens with one attached hydrogen (secondary N) is 1. The van der Waals surface area contributed by atoms with Crippen molar-refractivity contribution in [2.45, 2.75) is 13.1 Å². The first-order valence-electron chi connectivity index (χ1n) is 8.28. The lowest BCUT2D eigenvalue weighted by atomic mass is 10.2. The Labute approximate surface area is 166 Å². The third-order valence-electron chi connectivity index (χ3n) is 3.73. The molecule has 1 aromatic carbocycles. The lowest BCUT2D eigenvalue weighted by Crippen LogP contribution is -2.40. The first-order valence-corrected chi connectivity index (χ1v) is 9.57. The molecule has 3 aromatic rings. The number of aromatic nitrogens is 2. The maximum Gasteiger partial charge on any atom is 0.257 e. The molecule has 6 nitrogen and oxygen atoms in total. The van der Waals surface area contributed by atoms with Crippen LogP contribution in [0.3, 0.4) is 0 Å². The van der Waals surface area contributed by atoms with Crippen LogP contribution >= 0.6 is 23.6 Å². The van der Waals surface area contributed by atoms with Gasteiger partial charge in [0.15, 0.2) is 5.11 Å². The summed E-state index contributed by atoms with van der Waals surface area (Å²) >= 11 is 7.04. The van der Waals surface area contributed by atoms with Crippen LogP contribution in [0, 0.1) is 5.82 Å². The van der Waals surface area contributed by atoms with Crippen LogP contribution in [0.1, 0.15) is 11.5 Å². The molecular weight excluding hydrogens is 387 g/mol. The van der Waals surface area contributed by atoms with Gasteiger partial charge in [0.2, 0.25) is 5.89 Å². The molecular formula is C18H19FN4O2S2. The fraction of sp³-hybridized carbons (Fsp3) is 0.278. The number of halogens is 1. The first kappa shape index (κ1) is 19.4. The third kappa shape index (κ3) is 5.56. The second-order valence-electron chi connectivity index (χ2n) is 5.68. The van der Waals surface area contributed by atoms with Crippen molar-refractivity contribution < 1.29 is 13.5 Å². The first-order chi connectivity index (χ1) is 13.2. The summed E-state index contributed by atoms with van der Waals surface area (Å²) in [6.45, 7) is 1.94. The summed E-state index contributed by atoms with van der Waals surface area (Å²) in [6, 6.07) is 10.1. The highest BCUT2D eigenvalue weighted by Gasteiger charge is 2.16. The molecule has 0 atom stereocenters. The minimum Gasteiger partial charge on any atom is -0.418 e. The SMILES string of the molecule is COCCN(Cc1nnc(-c2cccs2)o1)C(=S)NCc1ccc(F)cc1. The van der Waals surface area contributed by atoms with Gasteiger partial charge < -0.3 is 19.4 Å². The molecule has 0 bridgehead atoms. The topological polar surface area (TPSA) is 63.4 Å². The number of nitrogens with zero attached hydrogens (tertiary/aromatic N) is 3. The Morgan fingerprint density at radius 1 is 1.30 bits per heavy atom. The molecule has 3 rings (SSSR count). The third-order valence-corrected chi connectivity index (χ3v) is 4.99. The lowest BCUT2D eigenvalue weighted by molar-refractivity contribution is 0.170. The fourth-order valence-corrected chi connectivity index (χ4v) is 3.20. The predicted octanol–water partition coefficient (Wildman–Crippen LogP) is 3.46. The quantitative estimate of drug-likeness (QED) is 0.575. The van der Waals surface area contributed by atoms with Crippen LogP contribution < -0.4 is 5.32 Å². The fourth-order valence-electron chi connectivity index (χ4n) is 2.33. The van der Waals surface area contributed by atoms with E-state index in [1.807, 2.05) is 22.4 Å². The van der Waals surface area contributed by atoms with Crippen molar-refractivity contribution in [1.82, 2.24) is 20.4 Å². The summed E-state index contributed by atoms with van der Waals surface area (Å²) < 4.78 is 23.9. The molecule has 0 saturated heterocycles. The van der Waals surface area contributed by atoms with Crippen LogP contribution in [0.5, 0.6) is 0 Å². The minimum absolute atomic E-state index is 0.263. The van der Waals surface area contributed by atoms with E-state index in [1.54, 1.807) is 30.6 Å². The molecule has 142 valence electrons. The number of rotatable bonds is 8. The average molecular weight is 407 g/mol. The standard InChI is InChI=1S/C18H19FN4O2S2/c1-24-9-8-23(18(26)20-11-13-4-6-14(19)7-5-13)12-16-21-22-17(25-16)15-3-2-10-27-15/h2-7,10H,8-9,11-12H2,1H3,(H,20,26). The molecule has 0 spiro atoms. The van der Waals surface area contributed by atoms with Crippen molar-refractivity contribution >= 4 is 28.7 Å². The van der Waals surface area contributed by atoms with Crippen LogP contribution in [0.2, 0.25) is 0 Å². The maximum atomic E-state index is 13.0. The Morgan fingerprint density at radius 3 is 2.81 bits per heavy atom. The van der Waals surface area contributed by atoms with Crippen LogP contribution in [0.15, 0.2) is 46.2 Å². The van der Waals surface area contributed by atoms with E-state index < -0.39 is 0 Å². The molecule has 0 amide bonds. The van der Waals surface area contributed by atoms with Crippen LogP contribution in [-0.2, 0) is 17.8 Å². The molecule has 0 saturated carbocycles. The van der Waals surface area contributed by atoms with Crippen molar-refractivity contribution in [3.63, 3.8) is 0 Å². The molecule has 0 radical (unpaired) electrons. The summed E-state index contributed by atoms with van der Waals surface area (Å²) in [5.41, 5.74) is 0.934. The molecule has 0 aliphatic heterocycles. The zero-order valence-electron chi connectivity index (χ0n) is 14.7. The smallest absolute Gasteiger partial charge is 0.257 e. The van der Waals surface area contributed by atoms with Crippen LogP contribution in [-0.4, -0.2) is 40.5 Å². The second kappa shape index (κ2) is 9.54. The Balaban J connectivity index is 1.62. The van der Waals surface area contributed by atoms with Gasteiger partial charge in [0, 0.05) is 20.2 Å². The number of hydrogen-bond donors (Lipinski definition) is 1. The van der Waals surface area contributed by atoms with Gasteiger partial charge >= 0.3 is 0 Å². The van der Waals surface area contributed by atoms with Gasteiger partial charge in [0.05, 0.1) is 18.0 Å². The van der Waals surface area contributed by atoms with Crippen LogP contribution in [0.25, 0.3) is 10.8 Å². The molecule has 0 aliphatic rings. The zero-order chi connectivity index (χ0) is 19.1. The molecule has 27 heavy (non-hydrogen) atoms. The Hall–Kier alpha value is -2.36. The summed E-state index contributed by atoms with van der Waals surface area (Å²) in [5.74, 6) is 0.707. The highest BCUT2D eigenvalue weighted by Crippen LogP contribution is 2.23. The predicted molar refractivity (Wildman–Crippen MR) is 106 cm³/mol. The van der Waals surface area contributed by atoms with Gasteiger partial charge in [-0.05, 0) is 41.4 Å². The number of hydrogen-bond acceptors (Lipinski definition) is 6. The van der Waals surface area contributed by atoms with Crippen molar-refractivity contribution in [1.29, 1.82) is 0 Å². The van der Waals surface area contributed by atoms with E-state index in [0.717, 1.165) is 10.4 Å². The van der Waals surface area contributed by atoms with E-state index >= 15 is 0 Å². The summed E-state index contributed by atoms with van der Waals surface area (Å²) in [4.78, 5) is 2.82. The van der Waals surface area contributed by atoms with E-state index in [-0.39, 0.29) is 5.82 Å². The second-order valence-corrected chi connectivity index (χ2v) is 7.01. The maximum absolute atomic E-state index is 13.0. The zero-order valence-corrected chi connectivity index (χ0v) is 16.4. The van der Waals surface area contributed by atoms with E-state index in [1.165, 1.54) is 12.1 Å². The van der Waals surface area contributed by atoms with E-state index in [9.17, 15) is 4.39 Å². The van der Waals surface area contributed by atoms with Crippen LogP contribution in [0.4, 0.5) is 4.39 Å². The van der Waals surface area contributed by atoms with Gasteiger partial charge in [0.25, 0.3) is 5.89 Å². The van der Waals surface area contributed by atoms with Gasteiger partial charge in [-0.2, -0.15) is 0 Å². The molecule has 0 unspecified atom stereocenters. The van der Waals surface area contributed by atoms with Gasteiger partial charge in [-0.25, -0.2) is 4.39 Å². The Morgan fingerprint density at radius 2 is 2.11 bits per heavy atom. The summed E-state index contributed by atoms with van der Waals surface area (Å²) in [7, 11) is 1.63. The number of benzene rings is 1. The highest BCUT2D eigenvalue weighted by atomic mass is 32.1. The van der Waals surface area contributed by atoms with E-state index in [4.69, 9.17) is 21.4 Å². The van der Waals surface area contributed by atoms with Crippen molar-refractivity contribution in [3.05, 3.63) is 59.0 Å². The highest BCUT2D eigenvalue weighted by molar-refractivity contribution is 7.80. The Bertz CT molecular complexity index is 853. The monoisotopic (exact) mass is 406 g/mol. The summed E-state index contributed by atoms with van der Waals surface area (Å²) in [5, 5.41) is 13.9. The van der Waals surface area contributed by atoms with E-state index in [2.05, 4.69) is 15.5 Å². The van der Waals surface area contributed by atoms with E-state index in [0.29, 0.717) is 43.1 Å².